The van der Waals surface area contributed by atoms with Crippen LogP contribution in [0.15, 0.2) is 24.5 Å². The van der Waals surface area contributed by atoms with Gasteiger partial charge in [-0.2, -0.15) is 0 Å². The van der Waals surface area contributed by atoms with Crippen molar-refractivity contribution in [1.82, 2.24) is 14.9 Å². The Labute approximate surface area is 129 Å². The van der Waals surface area contributed by atoms with Gasteiger partial charge in [-0.1, -0.05) is 0 Å². The number of amides is 1. The summed E-state index contributed by atoms with van der Waals surface area (Å²) in [6.45, 7) is 6.50. The molecule has 22 heavy (non-hydrogen) atoms. The molecule has 1 saturated carbocycles. The van der Waals surface area contributed by atoms with Crippen molar-refractivity contribution in [2.75, 3.05) is 6.54 Å². The quantitative estimate of drug-likeness (QED) is 0.879. The predicted molar refractivity (Wildman–Crippen MR) is 83.7 cm³/mol. The normalized spacial score (nSPS) is 27.0. The van der Waals surface area contributed by atoms with Crippen LogP contribution in [0.25, 0.3) is 11.0 Å². The highest BCUT2D eigenvalue weighted by molar-refractivity contribution is 5.83. The van der Waals surface area contributed by atoms with E-state index in [-0.39, 0.29) is 17.6 Å². The molecule has 1 amide bonds. The van der Waals surface area contributed by atoms with Crippen LogP contribution in [-0.2, 0) is 10.2 Å². The Morgan fingerprint density at radius 1 is 1.50 bits per heavy atom. The van der Waals surface area contributed by atoms with Gasteiger partial charge in [0.05, 0.1) is 0 Å². The third-order valence-electron chi connectivity index (χ3n) is 4.83. The minimum absolute atomic E-state index is 0.0954. The van der Waals surface area contributed by atoms with Crippen molar-refractivity contribution in [3.63, 3.8) is 0 Å². The van der Waals surface area contributed by atoms with Gasteiger partial charge in [-0.3, -0.25) is 0 Å². The van der Waals surface area contributed by atoms with Crippen LogP contribution in [-0.4, -0.2) is 39.1 Å². The van der Waals surface area contributed by atoms with Gasteiger partial charge in [-0.25, -0.2) is 9.78 Å². The fraction of sp³-hybridized carbons (Fsp3) is 0.529. The minimum Gasteiger partial charge on any atom is -0.444 e. The number of hydrogen-bond acceptors (Lipinski definition) is 3. The van der Waals surface area contributed by atoms with E-state index in [0.29, 0.717) is 0 Å². The molecule has 5 nitrogen and oxygen atoms in total. The van der Waals surface area contributed by atoms with Crippen LogP contribution in [0.4, 0.5) is 4.79 Å². The lowest BCUT2D eigenvalue weighted by Crippen LogP contribution is -2.36. The highest BCUT2D eigenvalue weighted by atomic mass is 16.6. The Hall–Kier alpha value is -2.04. The van der Waals surface area contributed by atoms with Crippen molar-refractivity contribution in [2.45, 2.75) is 50.7 Å². The molecule has 2 aromatic rings. The third kappa shape index (κ3) is 1.91. The zero-order valence-corrected chi connectivity index (χ0v) is 13.2. The van der Waals surface area contributed by atoms with Crippen LogP contribution in [0.2, 0.25) is 0 Å². The Balaban J connectivity index is 1.60. The number of fused-ring (bicyclic) bond motifs is 2. The molecule has 2 aliphatic rings. The molecule has 2 aromatic heterocycles. The lowest BCUT2D eigenvalue weighted by molar-refractivity contribution is 0.0264. The first-order valence-corrected chi connectivity index (χ1v) is 7.83. The summed E-state index contributed by atoms with van der Waals surface area (Å²) in [7, 11) is 0. The van der Waals surface area contributed by atoms with Gasteiger partial charge in [0.15, 0.2) is 0 Å². The maximum absolute atomic E-state index is 12.4. The molecule has 1 aliphatic heterocycles. The van der Waals surface area contributed by atoms with Gasteiger partial charge in [-0.15, -0.1) is 0 Å². The molecule has 1 saturated heterocycles. The second-order valence-corrected chi connectivity index (χ2v) is 7.40. The number of rotatable bonds is 1. The molecule has 1 aliphatic carbocycles. The molecule has 0 spiro atoms. The van der Waals surface area contributed by atoms with Gasteiger partial charge < -0.3 is 14.6 Å². The van der Waals surface area contributed by atoms with E-state index in [4.69, 9.17) is 4.74 Å². The second kappa shape index (κ2) is 4.24. The fourth-order valence-corrected chi connectivity index (χ4v) is 3.77. The first-order valence-electron chi connectivity index (χ1n) is 7.83. The maximum atomic E-state index is 12.4. The van der Waals surface area contributed by atoms with Crippen molar-refractivity contribution >= 4 is 17.1 Å². The molecule has 5 heteroatoms. The molecule has 4 rings (SSSR count). The van der Waals surface area contributed by atoms with E-state index in [1.807, 2.05) is 31.7 Å². The number of nitrogens with zero attached hydrogens (tertiary/aromatic N) is 2. The van der Waals surface area contributed by atoms with Crippen LogP contribution >= 0.6 is 0 Å². The molecule has 0 bridgehead atoms. The molecule has 2 atom stereocenters. The Bertz CT molecular complexity index is 746. The van der Waals surface area contributed by atoms with Crippen molar-refractivity contribution in [2.24, 2.45) is 0 Å². The number of carbonyl (C=O) groups excluding carboxylic acids is 1. The van der Waals surface area contributed by atoms with E-state index in [1.165, 1.54) is 10.9 Å². The van der Waals surface area contributed by atoms with Crippen LogP contribution in [0.3, 0.4) is 0 Å². The van der Waals surface area contributed by atoms with Gasteiger partial charge in [0.25, 0.3) is 0 Å². The number of likely N-dealkylation sites (tertiary alicyclic amines) is 1. The van der Waals surface area contributed by atoms with Gasteiger partial charge in [0.1, 0.15) is 11.2 Å². The molecular formula is C17H21N3O2. The summed E-state index contributed by atoms with van der Waals surface area (Å²) in [5.41, 5.74) is 1.88. The summed E-state index contributed by atoms with van der Waals surface area (Å²) in [6, 6.07) is 4.34. The number of hydrogen-bond donors (Lipinski definition) is 1. The highest BCUT2D eigenvalue weighted by Crippen LogP contribution is 2.59. The summed E-state index contributed by atoms with van der Waals surface area (Å²) in [5, 5.41) is 1.18. The summed E-state index contributed by atoms with van der Waals surface area (Å²) in [4.78, 5) is 21.9. The van der Waals surface area contributed by atoms with E-state index in [1.54, 1.807) is 6.20 Å². The van der Waals surface area contributed by atoms with Crippen molar-refractivity contribution in [3.8, 4) is 0 Å². The summed E-state index contributed by atoms with van der Waals surface area (Å²) in [6.07, 6.45) is 5.70. The Kier molecular flexibility index (Phi) is 2.63. The van der Waals surface area contributed by atoms with E-state index in [9.17, 15) is 4.79 Å². The Morgan fingerprint density at radius 3 is 3.05 bits per heavy atom. The monoisotopic (exact) mass is 299 g/mol. The molecule has 3 heterocycles. The van der Waals surface area contributed by atoms with Gasteiger partial charge in [-0.05, 0) is 51.3 Å². The number of H-pyrrole nitrogens is 1. The maximum Gasteiger partial charge on any atom is 0.410 e. The van der Waals surface area contributed by atoms with Crippen LogP contribution in [0.5, 0.6) is 0 Å². The highest BCUT2D eigenvalue weighted by Gasteiger charge is 2.64. The van der Waals surface area contributed by atoms with E-state index in [2.05, 4.69) is 22.2 Å². The number of pyridine rings is 1. The van der Waals surface area contributed by atoms with Gasteiger partial charge in [0.2, 0.25) is 0 Å². The van der Waals surface area contributed by atoms with Crippen LogP contribution in [0.1, 0.15) is 39.2 Å². The summed E-state index contributed by atoms with van der Waals surface area (Å²) in [5.74, 6) is 0. The Morgan fingerprint density at radius 2 is 2.32 bits per heavy atom. The van der Waals surface area contributed by atoms with E-state index in [0.717, 1.165) is 25.0 Å². The molecule has 116 valence electrons. The first kappa shape index (κ1) is 13.6. The smallest absolute Gasteiger partial charge is 0.410 e. The summed E-state index contributed by atoms with van der Waals surface area (Å²) >= 11 is 0. The fourth-order valence-electron chi connectivity index (χ4n) is 3.77. The molecule has 2 fully saturated rings. The van der Waals surface area contributed by atoms with Gasteiger partial charge in [0, 0.05) is 35.8 Å². The number of nitrogens with one attached hydrogen (secondary N) is 1. The number of ether oxygens (including phenoxy) is 1. The standard InChI is InChI=1S/C17H21N3O2/c1-16(2,3)22-15(21)20-8-6-17(9-13(17)20)12-10-19-14-11(12)5-4-7-18-14/h4-5,7,10,13H,6,8-9H2,1-3H3,(H,18,19). The SMILES string of the molecule is CC(C)(C)OC(=O)N1CCC2(c3c[nH]c4ncccc34)CC12. The van der Waals surface area contributed by atoms with Crippen molar-refractivity contribution in [3.05, 3.63) is 30.1 Å². The first-order chi connectivity index (χ1) is 10.4. The molecule has 1 N–H and O–H groups in total. The number of aromatic nitrogens is 2. The largest absolute Gasteiger partial charge is 0.444 e. The van der Waals surface area contributed by atoms with Crippen LogP contribution < -0.4 is 0 Å². The number of piperidine rings is 1. The minimum atomic E-state index is -0.443. The topological polar surface area (TPSA) is 58.2 Å². The molecule has 0 radical (unpaired) electrons. The number of carbonyl (C=O) groups is 1. The lowest BCUT2D eigenvalue weighted by Gasteiger charge is -2.25. The van der Waals surface area contributed by atoms with Gasteiger partial charge >= 0.3 is 6.09 Å². The second-order valence-electron chi connectivity index (χ2n) is 7.40. The zero-order valence-electron chi connectivity index (χ0n) is 13.2. The van der Waals surface area contributed by atoms with E-state index < -0.39 is 5.60 Å². The lowest BCUT2D eigenvalue weighted by atomic mass is 9.93. The zero-order chi connectivity index (χ0) is 15.5. The molecular weight excluding hydrogens is 278 g/mol. The van der Waals surface area contributed by atoms with Crippen molar-refractivity contribution < 1.29 is 9.53 Å². The predicted octanol–water partition coefficient (Wildman–Crippen LogP) is 3.21. The summed E-state index contributed by atoms with van der Waals surface area (Å²) < 4.78 is 5.54. The molecule has 2 unspecified atom stereocenters. The van der Waals surface area contributed by atoms with Crippen LogP contribution in [0, 0.1) is 0 Å². The third-order valence-corrected chi connectivity index (χ3v) is 4.83. The molecule has 0 aromatic carbocycles. The van der Waals surface area contributed by atoms with Crippen molar-refractivity contribution in [1.29, 1.82) is 0 Å². The number of aromatic amines is 1. The average Bonchev–Trinajstić information content (AvgIpc) is 2.85. The van der Waals surface area contributed by atoms with E-state index >= 15 is 0 Å². The average molecular weight is 299 g/mol.